The highest BCUT2D eigenvalue weighted by Crippen LogP contribution is 2.37. The average molecular weight is 467 g/mol. The zero-order chi connectivity index (χ0) is 21.1. The number of ether oxygens (including phenoxy) is 2. The molecule has 1 saturated heterocycles. The molecule has 1 aromatic heterocycles. The normalized spacial score (nSPS) is 18.1. The van der Waals surface area contributed by atoms with Gasteiger partial charge in [-0.05, 0) is 18.9 Å². The van der Waals surface area contributed by atoms with E-state index < -0.39 is 10.0 Å². The number of rotatable bonds is 6. The number of aromatic nitrogens is 2. The lowest BCUT2D eigenvalue weighted by Crippen LogP contribution is -2.37. The van der Waals surface area contributed by atoms with Gasteiger partial charge < -0.3 is 14.8 Å². The number of hydrogen-bond acceptors (Lipinski definition) is 7. The van der Waals surface area contributed by atoms with Gasteiger partial charge in [-0.15, -0.1) is 0 Å². The molecule has 0 unspecified atom stereocenters. The van der Waals surface area contributed by atoms with E-state index in [0.717, 1.165) is 41.4 Å². The van der Waals surface area contributed by atoms with E-state index in [0.29, 0.717) is 32.8 Å². The molecule has 3 heterocycles. The average Bonchev–Trinajstić information content (AvgIpc) is 2.77. The van der Waals surface area contributed by atoms with Gasteiger partial charge in [0.05, 0.1) is 6.26 Å². The third-order valence-electron chi connectivity index (χ3n) is 5.75. The van der Waals surface area contributed by atoms with Crippen LogP contribution in [0.15, 0.2) is 30.6 Å². The van der Waals surface area contributed by atoms with Gasteiger partial charge in [-0.2, -0.15) is 13.5 Å². The zero-order valence-electron chi connectivity index (χ0n) is 17.9. The summed E-state index contributed by atoms with van der Waals surface area (Å²) in [4.78, 5) is 8.79. The fourth-order valence-corrected chi connectivity index (χ4v) is 4.90. The minimum atomic E-state index is -3.12. The van der Waals surface area contributed by atoms with Crippen LogP contribution in [0.2, 0.25) is 0 Å². The lowest BCUT2D eigenvalue weighted by molar-refractivity contribution is 0.169. The first kappa shape index (κ1) is 23.6. The Kier molecular flexibility index (Phi) is 7.66. The molecule has 8 nitrogen and oxygen atoms in total. The highest BCUT2D eigenvalue weighted by molar-refractivity contribution is 7.88. The first-order chi connectivity index (χ1) is 14.4. The standard InChI is InChI=1S/C21H28N4O4S.H2S/c1-15(17-4-3-5-19-21(17)29-11-10-28-19)13-22-20-12-18(23-14-24-20)16-6-8-25(9-7-16)30(2,26)27;/h3-5,12,14-16H,6-11,13H2,1-2H3,(H,22,23,24);1H2/t15-;/m1./s1. The van der Waals surface area contributed by atoms with Crippen LogP contribution in [0.1, 0.15) is 42.9 Å². The fourth-order valence-electron chi connectivity index (χ4n) is 4.03. The molecule has 0 radical (unpaired) electrons. The molecule has 10 heteroatoms. The molecule has 0 amide bonds. The molecule has 1 fully saturated rings. The van der Waals surface area contributed by atoms with E-state index >= 15 is 0 Å². The Bertz CT molecular complexity index is 995. The van der Waals surface area contributed by atoms with Crippen molar-refractivity contribution in [2.24, 2.45) is 0 Å². The van der Waals surface area contributed by atoms with Gasteiger partial charge in [0.15, 0.2) is 11.5 Å². The SMILES string of the molecule is C[C@H](CNc1cc(C2CCN(S(C)(=O)=O)CC2)ncn1)c1cccc2c1OCCO2.S. The third-order valence-corrected chi connectivity index (χ3v) is 7.05. The lowest BCUT2D eigenvalue weighted by atomic mass is 9.94. The van der Waals surface area contributed by atoms with E-state index in [1.807, 2.05) is 18.2 Å². The molecule has 1 N–H and O–H groups in total. The van der Waals surface area contributed by atoms with Crippen LogP contribution < -0.4 is 14.8 Å². The van der Waals surface area contributed by atoms with Crippen LogP contribution in [0.25, 0.3) is 0 Å². The number of fused-ring (bicyclic) bond motifs is 1. The largest absolute Gasteiger partial charge is 0.486 e. The summed E-state index contributed by atoms with van der Waals surface area (Å²) in [6.45, 7) is 5.06. The smallest absolute Gasteiger partial charge is 0.211 e. The summed E-state index contributed by atoms with van der Waals surface area (Å²) in [5.74, 6) is 2.86. The van der Waals surface area contributed by atoms with Crippen molar-refractivity contribution in [3.8, 4) is 11.5 Å². The van der Waals surface area contributed by atoms with Crippen LogP contribution in [0, 0.1) is 0 Å². The van der Waals surface area contributed by atoms with E-state index in [1.54, 1.807) is 6.33 Å². The van der Waals surface area contributed by atoms with Crippen LogP contribution in [0.5, 0.6) is 11.5 Å². The minimum Gasteiger partial charge on any atom is -0.486 e. The first-order valence-corrected chi connectivity index (χ1v) is 12.2. The maximum Gasteiger partial charge on any atom is 0.211 e. The summed E-state index contributed by atoms with van der Waals surface area (Å²) in [6, 6.07) is 7.98. The topological polar surface area (TPSA) is 93.7 Å². The van der Waals surface area contributed by atoms with Gasteiger partial charge in [-0.3, -0.25) is 0 Å². The molecule has 0 spiro atoms. The van der Waals surface area contributed by atoms with Gasteiger partial charge in [-0.25, -0.2) is 22.7 Å². The number of piperidine rings is 1. The summed E-state index contributed by atoms with van der Waals surface area (Å²) in [7, 11) is -3.12. The Morgan fingerprint density at radius 3 is 2.68 bits per heavy atom. The van der Waals surface area contributed by atoms with Crippen molar-refractivity contribution in [3.05, 3.63) is 41.9 Å². The van der Waals surface area contributed by atoms with Crippen LogP contribution >= 0.6 is 13.5 Å². The Labute approximate surface area is 190 Å². The van der Waals surface area contributed by atoms with Crippen molar-refractivity contribution in [1.82, 2.24) is 14.3 Å². The Morgan fingerprint density at radius 1 is 1.19 bits per heavy atom. The van der Waals surface area contributed by atoms with Crippen LogP contribution in [-0.4, -0.2) is 61.8 Å². The van der Waals surface area contributed by atoms with E-state index in [4.69, 9.17) is 9.47 Å². The van der Waals surface area contributed by atoms with Gasteiger partial charge in [0, 0.05) is 48.8 Å². The minimum absolute atomic E-state index is 0. The highest BCUT2D eigenvalue weighted by atomic mass is 32.2. The molecule has 0 bridgehead atoms. The lowest BCUT2D eigenvalue weighted by Gasteiger charge is -2.29. The predicted octanol–water partition coefficient (Wildman–Crippen LogP) is 2.72. The predicted molar refractivity (Wildman–Crippen MR) is 125 cm³/mol. The molecular formula is C21H30N4O4S2. The number of nitrogens with zero attached hydrogens (tertiary/aromatic N) is 3. The highest BCUT2D eigenvalue weighted by Gasteiger charge is 2.27. The number of nitrogens with one attached hydrogen (secondary N) is 1. The molecule has 2 aliphatic rings. The Hall–Kier alpha value is -2.04. The summed E-state index contributed by atoms with van der Waals surface area (Å²) in [5.41, 5.74) is 2.07. The second-order valence-electron chi connectivity index (χ2n) is 7.92. The van der Waals surface area contributed by atoms with Crippen LogP contribution in [-0.2, 0) is 10.0 Å². The van der Waals surface area contributed by atoms with Crippen molar-refractivity contribution >= 4 is 29.3 Å². The summed E-state index contributed by atoms with van der Waals surface area (Å²) in [5, 5.41) is 3.41. The van der Waals surface area contributed by atoms with Crippen molar-refractivity contribution in [2.75, 3.05) is 44.4 Å². The Morgan fingerprint density at radius 2 is 1.94 bits per heavy atom. The van der Waals surface area contributed by atoms with E-state index in [9.17, 15) is 8.42 Å². The van der Waals surface area contributed by atoms with Gasteiger partial charge >= 0.3 is 0 Å². The number of para-hydroxylation sites is 1. The molecule has 2 aliphatic heterocycles. The quantitative estimate of drug-likeness (QED) is 0.700. The van der Waals surface area contributed by atoms with Gasteiger partial charge in [0.1, 0.15) is 25.4 Å². The number of anilines is 1. The Balaban J connectivity index is 0.00000272. The molecule has 31 heavy (non-hydrogen) atoms. The zero-order valence-corrected chi connectivity index (χ0v) is 19.7. The van der Waals surface area contributed by atoms with Gasteiger partial charge in [0.2, 0.25) is 10.0 Å². The fraction of sp³-hybridized carbons (Fsp3) is 0.524. The van der Waals surface area contributed by atoms with E-state index in [2.05, 4.69) is 28.3 Å². The van der Waals surface area contributed by atoms with Crippen molar-refractivity contribution < 1.29 is 17.9 Å². The number of sulfonamides is 1. The molecule has 0 aliphatic carbocycles. The molecule has 1 aromatic carbocycles. The third kappa shape index (κ3) is 5.61. The van der Waals surface area contributed by atoms with Gasteiger partial charge in [0.25, 0.3) is 0 Å². The second-order valence-corrected chi connectivity index (χ2v) is 9.90. The van der Waals surface area contributed by atoms with Gasteiger partial charge in [-0.1, -0.05) is 19.1 Å². The van der Waals surface area contributed by atoms with E-state index in [1.165, 1.54) is 10.6 Å². The van der Waals surface area contributed by atoms with Crippen LogP contribution in [0.3, 0.4) is 0 Å². The molecule has 0 saturated carbocycles. The second kappa shape index (κ2) is 10.1. The van der Waals surface area contributed by atoms with Crippen molar-refractivity contribution in [1.29, 1.82) is 0 Å². The monoisotopic (exact) mass is 466 g/mol. The molecular weight excluding hydrogens is 436 g/mol. The molecule has 4 rings (SSSR count). The molecule has 2 aromatic rings. The number of hydrogen-bond donors (Lipinski definition) is 1. The van der Waals surface area contributed by atoms with E-state index in [-0.39, 0.29) is 25.3 Å². The maximum atomic E-state index is 11.7. The van der Waals surface area contributed by atoms with Crippen LogP contribution in [0.4, 0.5) is 5.82 Å². The summed E-state index contributed by atoms with van der Waals surface area (Å²) in [6.07, 6.45) is 4.38. The van der Waals surface area contributed by atoms with Crippen molar-refractivity contribution in [3.63, 3.8) is 0 Å². The number of benzene rings is 1. The summed E-state index contributed by atoms with van der Waals surface area (Å²) >= 11 is 0. The first-order valence-electron chi connectivity index (χ1n) is 10.3. The van der Waals surface area contributed by atoms with Crippen molar-refractivity contribution in [2.45, 2.75) is 31.6 Å². The maximum absolute atomic E-state index is 11.7. The molecule has 1 atom stereocenters. The molecule has 170 valence electrons. The summed E-state index contributed by atoms with van der Waals surface area (Å²) < 4.78 is 36.5.